The van der Waals surface area contributed by atoms with Crippen LogP contribution < -0.4 is 0 Å². The summed E-state index contributed by atoms with van der Waals surface area (Å²) in [4.78, 5) is 35.2. The van der Waals surface area contributed by atoms with Gasteiger partial charge in [0.25, 0.3) is 0 Å². The van der Waals surface area contributed by atoms with E-state index in [9.17, 15) is 19.0 Å². The number of likely N-dealkylation sites (N-methyl/N-ethyl adjacent to an activating group) is 1. The number of rotatable bonds is 39. The molecule has 0 aliphatic rings. The molecule has 0 fully saturated rings. The SMILES string of the molecule is C=CCCCCCCCCCCCCCCCC(=O)OC[C@H](COP(=O)(O)OCC[N+](C)(C)C)OC(=O)CCCCCCCCCCCCCC. The summed E-state index contributed by atoms with van der Waals surface area (Å²) in [6.45, 7) is 5.95. The number of quaternary nitrogens is 1. The molecule has 51 heavy (non-hydrogen) atoms. The third-order valence-corrected chi connectivity index (χ3v) is 10.2. The van der Waals surface area contributed by atoms with Crippen LogP contribution in [0.4, 0.5) is 0 Å². The first-order valence-electron chi connectivity index (χ1n) is 20.9. The molecule has 0 rings (SSSR count). The maximum absolute atomic E-state index is 12.6. The third kappa shape index (κ3) is 38.3. The summed E-state index contributed by atoms with van der Waals surface area (Å²) in [5.41, 5.74) is 0. The van der Waals surface area contributed by atoms with Gasteiger partial charge in [0, 0.05) is 12.8 Å². The fourth-order valence-electron chi connectivity index (χ4n) is 5.88. The molecule has 0 spiro atoms. The molecule has 0 aliphatic carbocycles. The molecule has 302 valence electrons. The van der Waals surface area contributed by atoms with Crippen molar-refractivity contribution in [2.45, 2.75) is 193 Å². The first kappa shape index (κ1) is 49.8. The third-order valence-electron chi connectivity index (χ3n) is 9.19. The lowest BCUT2D eigenvalue weighted by Crippen LogP contribution is -2.37. The quantitative estimate of drug-likeness (QED) is 0.0218. The number of carbonyl (C=O) groups excluding carboxylic acids is 2. The Balaban J connectivity index is 4.33. The van der Waals surface area contributed by atoms with Crippen LogP contribution in [0, 0.1) is 0 Å². The number of hydrogen-bond acceptors (Lipinski definition) is 7. The Labute approximate surface area is 314 Å². The topological polar surface area (TPSA) is 108 Å². The van der Waals surface area contributed by atoms with E-state index in [4.69, 9.17) is 18.5 Å². The van der Waals surface area contributed by atoms with Crippen molar-refractivity contribution in [2.75, 3.05) is 47.5 Å². The van der Waals surface area contributed by atoms with Crippen LogP contribution in [-0.2, 0) is 32.7 Å². The highest BCUT2D eigenvalue weighted by Gasteiger charge is 2.27. The van der Waals surface area contributed by atoms with Gasteiger partial charge in [-0.1, -0.05) is 154 Å². The molecular formula is C41H81NO8P+. The Morgan fingerprint density at radius 3 is 1.47 bits per heavy atom. The van der Waals surface area contributed by atoms with Crippen LogP contribution in [0.1, 0.15) is 187 Å². The van der Waals surface area contributed by atoms with Gasteiger partial charge in [-0.2, -0.15) is 0 Å². The van der Waals surface area contributed by atoms with E-state index >= 15 is 0 Å². The fourth-order valence-corrected chi connectivity index (χ4v) is 6.62. The number of ether oxygens (including phenoxy) is 2. The zero-order valence-electron chi connectivity index (χ0n) is 33.7. The second-order valence-corrected chi connectivity index (χ2v) is 16.9. The van der Waals surface area contributed by atoms with Gasteiger partial charge in [0.15, 0.2) is 6.10 Å². The maximum Gasteiger partial charge on any atom is 0.472 e. The van der Waals surface area contributed by atoms with E-state index in [-0.39, 0.29) is 25.6 Å². The summed E-state index contributed by atoms with van der Waals surface area (Å²) in [6, 6.07) is 0. The molecule has 0 saturated carbocycles. The Hall–Kier alpha value is -1.25. The van der Waals surface area contributed by atoms with Crippen LogP contribution in [0.25, 0.3) is 0 Å². The number of hydrogen-bond donors (Lipinski definition) is 1. The zero-order chi connectivity index (χ0) is 37.9. The molecule has 0 aromatic carbocycles. The molecular weight excluding hydrogens is 665 g/mol. The van der Waals surface area contributed by atoms with Crippen LogP contribution >= 0.6 is 7.82 Å². The lowest BCUT2D eigenvalue weighted by Gasteiger charge is -2.24. The van der Waals surface area contributed by atoms with Crippen molar-refractivity contribution >= 4 is 19.8 Å². The molecule has 1 unspecified atom stereocenters. The number of phosphoric acid groups is 1. The lowest BCUT2D eigenvalue weighted by molar-refractivity contribution is -0.870. The second-order valence-electron chi connectivity index (χ2n) is 15.5. The van der Waals surface area contributed by atoms with Crippen LogP contribution in [0.3, 0.4) is 0 Å². The van der Waals surface area contributed by atoms with E-state index in [2.05, 4.69) is 13.5 Å². The van der Waals surface area contributed by atoms with Gasteiger partial charge < -0.3 is 18.9 Å². The number of esters is 2. The Morgan fingerprint density at radius 1 is 0.627 bits per heavy atom. The molecule has 10 heteroatoms. The van der Waals surface area contributed by atoms with Crippen LogP contribution in [0.5, 0.6) is 0 Å². The molecule has 0 aromatic rings. The fraction of sp³-hybridized carbons (Fsp3) is 0.902. The minimum absolute atomic E-state index is 0.0344. The molecule has 2 atom stereocenters. The second kappa shape index (κ2) is 34.5. The largest absolute Gasteiger partial charge is 0.472 e. The predicted octanol–water partition coefficient (Wildman–Crippen LogP) is 11.4. The highest BCUT2D eigenvalue weighted by atomic mass is 31.2. The smallest absolute Gasteiger partial charge is 0.462 e. The van der Waals surface area contributed by atoms with Gasteiger partial charge in [-0.3, -0.25) is 18.6 Å². The van der Waals surface area contributed by atoms with Crippen LogP contribution in [-0.4, -0.2) is 74.9 Å². The van der Waals surface area contributed by atoms with E-state index in [1.807, 2.05) is 27.2 Å². The highest BCUT2D eigenvalue weighted by molar-refractivity contribution is 7.47. The Bertz CT molecular complexity index is 878. The summed E-state index contributed by atoms with van der Waals surface area (Å²) in [5.74, 6) is -0.794. The minimum Gasteiger partial charge on any atom is -0.462 e. The van der Waals surface area contributed by atoms with Crippen LogP contribution in [0.15, 0.2) is 12.7 Å². The van der Waals surface area contributed by atoms with Crippen molar-refractivity contribution in [3.8, 4) is 0 Å². The molecule has 1 N–H and O–H groups in total. The first-order valence-corrected chi connectivity index (χ1v) is 22.4. The number of allylic oxidation sites excluding steroid dienone is 1. The van der Waals surface area contributed by atoms with E-state index in [0.29, 0.717) is 23.9 Å². The minimum atomic E-state index is -4.36. The van der Waals surface area contributed by atoms with Crippen molar-refractivity contribution in [3.63, 3.8) is 0 Å². The standard InChI is InChI=1S/C41H80NO8P/c1-6-8-10-12-14-16-18-20-21-22-24-25-27-29-31-33-40(43)47-37-39(38-49-51(45,46)48-36-35-42(3,4)5)50-41(44)34-32-30-28-26-23-19-17-15-13-11-9-7-2/h6,39H,1,7-38H2,2-5H3/p+1/t39-/m1/s1. The highest BCUT2D eigenvalue weighted by Crippen LogP contribution is 2.43. The average Bonchev–Trinajstić information content (AvgIpc) is 3.07. The van der Waals surface area contributed by atoms with Crippen LogP contribution in [0.2, 0.25) is 0 Å². The number of phosphoric ester groups is 1. The van der Waals surface area contributed by atoms with Gasteiger partial charge in [-0.05, 0) is 25.7 Å². The van der Waals surface area contributed by atoms with E-state index in [0.717, 1.165) is 38.5 Å². The van der Waals surface area contributed by atoms with E-state index in [1.165, 1.54) is 122 Å². The zero-order valence-corrected chi connectivity index (χ0v) is 34.6. The number of carbonyl (C=O) groups is 2. The molecule has 0 amide bonds. The summed E-state index contributed by atoms with van der Waals surface area (Å²) in [6.07, 6.45) is 32.9. The van der Waals surface area contributed by atoms with Gasteiger partial charge in [-0.15, -0.1) is 6.58 Å². The van der Waals surface area contributed by atoms with Crippen molar-refractivity contribution in [1.82, 2.24) is 0 Å². The maximum atomic E-state index is 12.6. The number of unbranched alkanes of at least 4 members (excludes halogenated alkanes) is 24. The van der Waals surface area contributed by atoms with Gasteiger partial charge >= 0.3 is 19.8 Å². The Kier molecular flexibility index (Phi) is 33.7. The van der Waals surface area contributed by atoms with Gasteiger partial charge in [0.1, 0.15) is 19.8 Å². The van der Waals surface area contributed by atoms with Crippen molar-refractivity contribution in [3.05, 3.63) is 12.7 Å². The normalized spacial score (nSPS) is 13.5. The molecule has 0 saturated heterocycles. The summed E-state index contributed by atoms with van der Waals surface area (Å²) in [7, 11) is 1.48. The molecule has 0 bridgehead atoms. The summed E-state index contributed by atoms with van der Waals surface area (Å²) >= 11 is 0. The Morgan fingerprint density at radius 2 is 1.04 bits per heavy atom. The van der Waals surface area contributed by atoms with E-state index < -0.39 is 26.5 Å². The molecule has 9 nitrogen and oxygen atoms in total. The van der Waals surface area contributed by atoms with Crippen molar-refractivity contribution < 1.29 is 42.1 Å². The van der Waals surface area contributed by atoms with Gasteiger partial charge in [0.05, 0.1) is 27.7 Å². The summed E-state index contributed by atoms with van der Waals surface area (Å²) in [5, 5.41) is 0. The average molecular weight is 747 g/mol. The lowest BCUT2D eigenvalue weighted by atomic mass is 10.0. The van der Waals surface area contributed by atoms with Crippen molar-refractivity contribution in [1.29, 1.82) is 0 Å². The summed E-state index contributed by atoms with van der Waals surface area (Å²) < 4.78 is 34.2. The number of nitrogens with zero attached hydrogens (tertiary/aromatic N) is 1. The van der Waals surface area contributed by atoms with Gasteiger partial charge in [-0.25, -0.2) is 4.57 Å². The van der Waals surface area contributed by atoms with E-state index in [1.54, 1.807) is 0 Å². The molecule has 0 aromatic heterocycles. The molecule has 0 heterocycles. The predicted molar refractivity (Wildman–Crippen MR) is 211 cm³/mol. The van der Waals surface area contributed by atoms with Gasteiger partial charge in [0.2, 0.25) is 0 Å². The molecule has 0 aliphatic heterocycles. The first-order chi connectivity index (χ1) is 24.5. The molecule has 0 radical (unpaired) electrons. The monoisotopic (exact) mass is 747 g/mol. The van der Waals surface area contributed by atoms with Crippen molar-refractivity contribution in [2.24, 2.45) is 0 Å².